The van der Waals surface area contributed by atoms with Gasteiger partial charge in [-0.3, -0.25) is 4.79 Å². The van der Waals surface area contributed by atoms with Gasteiger partial charge in [0.05, 0.1) is 31.0 Å². The van der Waals surface area contributed by atoms with E-state index in [1.165, 1.54) is 27.9 Å². The number of hydrogen-bond donors (Lipinski definition) is 1. The molecule has 19 heavy (non-hydrogen) atoms. The molecular weight excluding hydrogens is 250 g/mol. The van der Waals surface area contributed by atoms with Gasteiger partial charge in [-0.2, -0.15) is 9.89 Å². The molecule has 98 valence electrons. The Bertz CT molecular complexity index is 684. The molecule has 0 saturated carbocycles. The first-order chi connectivity index (χ1) is 9.16. The maximum Gasteiger partial charge on any atom is 0.339 e. The van der Waals surface area contributed by atoms with Gasteiger partial charge in [0.2, 0.25) is 0 Å². The molecule has 0 radical (unpaired) electrons. The van der Waals surface area contributed by atoms with Crippen molar-refractivity contribution in [3.05, 3.63) is 52.2 Å². The number of carbonyl (C=O) groups is 1. The quantitative estimate of drug-likeness (QED) is 0.851. The number of carboxylic acid groups (broad SMARTS) is 1. The molecule has 2 aromatic heterocycles. The number of carboxylic acids is 1. The molecule has 1 fully saturated rings. The van der Waals surface area contributed by atoms with Crippen LogP contribution in [0.3, 0.4) is 0 Å². The van der Waals surface area contributed by atoms with E-state index in [9.17, 15) is 14.7 Å². The lowest BCUT2D eigenvalue weighted by molar-refractivity contribution is 0.00590. The van der Waals surface area contributed by atoms with Crippen molar-refractivity contribution in [2.24, 2.45) is 0 Å². The number of rotatable bonds is 3. The molecule has 0 atom stereocenters. The monoisotopic (exact) mass is 261 g/mol. The maximum absolute atomic E-state index is 11.7. The van der Waals surface area contributed by atoms with E-state index in [0.717, 1.165) is 0 Å². The number of hydrogen-bond acceptors (Lipinski definition) is 4. The summed E-state index contributed by atoms with van der Waals surface area (Å²) in [6.07, 6.45) is 2.87. The van der Waals surface area contributed by atoms with E-state index in [1.54, 1.807) is 12.1 Å². The molecule has 7 nitrogen and oxygen atoms in total. The third-order valence-corrected chi connectivity index (χ3v) is 3.01. The molecule has 0 unspecified atom stereocenters. The van der Waals surface area contributed by atoms with Gasteiger partial charge < -0.3 is 9.84 Å². The second kappa shape index (κ2) is 4.36. The molecule has 1 aliphatic rings. The minimum absolute atomic E-state index is 0.0215. The van der Waals surface area contributed by atoms with Crippen LogP contribution in [0.25, 0.3) is 0 Å². The van der Waals surface area contributed by atoms with Gasteiger partial charge in [0.25, 0.3) is 5.56 Å². The molecular formula is C12H11N3O4. The molecule has 0 spiro atoms. The second-order valence-corrected chi connectivity index (χ2v) is 4.27. The van der Waals surface area contributed by atoms with Gasteiger partial charge >= 0.3 is 5.97 Å². The Balaban J connectivity index is 2.11. The summed E-state index contributed by atoms with van der Waals surface area (Å²) in [5.74, 6) is -1.08. The highest BCUT2D eigenvalue weighted by atomic mass is 16.5. The molecule has 0 bridgehead atoms. The highest BCUT2D eigenvalue weighted by Crippen LogP contribution is 2.25. The van der Waals surface area contributed by atoms with Gasteiger partial charge in [-0.15, -0.1) is 0 Å². The molecule has 2 aromatic rings. The average molecular weight is 261 g/mol. The van der Waals surface area contributed by atoms with Crippen LogP contribution in [0.2, 0.25) is 0 Å². The molecule has 0 aliphatic carbocycles. The zero-order valence-corrected chi connectivity index (χ0v) is 9.89. The lowest BCUT2D eigenvalue weighted by Crippen LogP contribution is -2.28. The predicted octanol–water partition coefficient (Wildman–Crippen LogP) is 0.168. The fourth-order valence-corrected chi connectivity index (χ4v) is 1.93. The van der Waals surface area contributed by atoms with Crippen molar-refractivity contribution in [1.29, 1.82) is 0 Å². The first-order valence-electron chi connectivity index (χ1n) is 5.76. The van der Waals surface area contributed by atoms with Crippen molar-refractivity contribution in [3.63, 3.8) is 0 Å². The van der Waals surface area contributed by atoms with Gasteiger partial charge in [0.15, 0.2) is 0 Å². The fourth-order valence-electron chi connectivity index (χ4n) is 1.93. The zero-order valence-electron chi connectivity index (χ0n) is 9.89. The molecule has 1 N–H and O–H groups in total. The van der Waals surface area contributed by atoms with Crippen molar-refractivity contribution >= 4 is 5.97 Å². The van der Waals surface area contributed by atoms with E-state index in [-0.39, 0.29) is 17.0 Å². The van der Waals surface area contributed by atoms with Crippen LogP contribution in [0.15, 0.2) is 35.4 Å². The van der Waals surface area contributed by atoms with Crippen LogP contribution in [-0.2, 0) is 4.74 Å². The van der Waals surface area contributed by atoms with E-state index in [4.69, 9.17) is 4.74 Å². The molecule has 3 heterocycles. The molecule has 1 saturated heterocycles. The fraction of sp³-hybridized carbons (Fsp3) is 0.250. The highest BCUT2D eigenvalue weighted by molar-refractivity contribution is 5.88. The summed E-state index contributed by atoms with van der Waals surface area (Å²) in [7, 11) is 0. The molecule has 1 aliphatic heterocycles. The van der Waals surface area contributed by atoms with Crippen molar-refractivity contribution in [1.82, 2.24) is 14.6 Å². The van der Waals surface area contributed by atoms with Gasteiger partial charge in [0, 0.05) is 12.3 Å². The number of aromatic nitrogens is 3. The van der Waals surface area contributed by atoms with Crippen LogP contribution < -0.4 is 5.56 Å². The van der Waals surface area contributed by atoms with Gasteiger partial charge in [-0.05, 0) is 6.07 Å². The van der Waals surface area contributed by atoms with Crippen molar-refractivity contribution in [2.45, 2.75) is 5.92 Å². The van der Waals surface area contributed by atoms with Crippen molar-refractivity contribution in [3.8, 4) is 0 Å². The lowest BCUT2D eigenvalue weighted by atomic mass is 10.0. The summed E-state index contributed by atoms with van der Waals surface area (Å²) in [5, 5.41) is 13.4. The minimum atomic E-state index is -1.06. The standard InChI is InChI=1S/C12H11N3O4/c16-10-3-1-2-4-14(10)15-5-9(12(17)18)11(13-15)8-6-19-7-8/h1-5,8H,6-7H2,(H,17,18). The van der Waals surface area contributed by atoms with Gasteiger partial charge in [0.1, 0.15) is 5.56 Å². The predicted molar refractivity (Wildman–Crippen MR) is 64.2 cm³/mol. The van der Waals surface area contributed by atoms with Crippen LogP contribution in [0, 0.1) is 0 Å². The Hall–Kier alpha value is -2.41. The van der Waals surface area contributed by atoms with E-state index < -0.39 is 5.97 Å². The summed E-state index contributed by atoms with van der Waals surface area (Å²) >= 11 is 0. The molecule has 3 rings (SSSR count). The Morgan fingerprint density at radius 2 is 2.21 bits per heavy atom. The summed E-state index contributed by atoms with van der Waals surface area (Å²) in [4.78, 5) is 24.2. The van der Waals surface area contributed by atoms with Crippen LogP contribution in [-0.4, -0.2) is 38.9 Å². The SMILES string of the molecule is O=C(O)c1cn(-n2ccccc2=O)nc1C1COC1. The number of ether oxygens (including phenoxy) is 1. The van der Waals surface area contributed by atoms with E-state index in [2.05, 4.69) is 5.10 Å². The third-order valence-electron chi connectivity index (χ3n) is 3.01. The van der Waals surface area contributed by atoms with Crippen LogP contribution in [0.1, 0.15) is 22.0 Å². The Kier molecular flexibility index (Phi) is 2.68. The van der Waals surface area contributed by atoms with Gasteiger partial charge in [-0.1, -0.05) is 6.07 Å². The number of aromatic carboxylic acids is 1. The zero-order chi connectivity index (χ0) is 13.4. The van der Waals surface area contributed by atoms with Crippen molar-refractivity contribution < 1.29 is 14.6 Å². The summed E-state index contributed by atoms with van der Waals surface area (Å²) < 4.78 is 6.30. The summed E-state index contributed by atoms with van der Waals surface area (Å²) in [6, 6.07) is 4.67. The Morgan fingerprint density at radius 3 is 2.79 bits per heavy atom. The van der Waals surface area contributed by atoms with E-state index in [0.29, 0.717) is 18.9 Å². The highest BCUT2D eigenvalue weighted by Gasteiger charge is 2.29. The first kappa shape index (κ1) is 11.7. The number of pyridine rings is 1. The first-order valence-corrected chi connectivity index (χ1v) is 5.76. The number of nitrogens with zero attached hydrogens (tertiary/aromatic N) is 3. The van der Waals surface area contributed by atoms with Crippen LogP contribution in [0.5, 0.6) is 0 Å². The summed E-state index contributed by atoms with van der Waals surface area (Å²) in [5.41, 5.74) is 0.275. The Morgan fingerprint density at radius 1 is 1.42 bits per heavy atom. The minimum Gasteiger partial charge on any atom is -0.478 e. The third kappa shape index (κ3) is 1.93. The smallest absolute Gasteiger partial charge is 0.339 e. The van der Waals surface area contributed by atoms with Crippen molar-refractivity contribution in [2.75, 3.05) is 13.2 Å². The largest absolute Gasteiger partial charge is 0.478 e. The summed E-state index contributed by atoms with van der Waals surface area (Å²) in [6.45, 7) is 0.919. The van der Waals surface area contributed by atoms with Gasteiger partial charge in [-0.25, -0.2) is 9.47 Å². The molecule has 0 aromatic carbocycles. The van der Waals surface area contributed by atoms with Crippen LogP contribution >= 0.6 is 0 Å². The normalized spacial score (nSPS) is 15.2. The Labute approximate surface area is 107 Å². The maximum atomic E-state index is 11.7. The topological polar surface area (TPSA) is 86.3 Å². The lowest BCUT2D eigenvalue weighted by Gasteiger charge is -2.24. The average Bonchev–Trinajstić information content (AvgIpc) is 2.72. The second-order valence-electron chi connectivity index (χ2n) is 4.27. The molecule has 0 amide bonds. The van der Waals surface area contributed by atoms with E-state index in [1.807, 2.05) is 0 Å². The molecule has 7 heteroatoms. The van der Waals surface area contributed by atoms with Crippen LogP contribution in [0.4, 0.5) is 0 Å². The van der Waals surface area contributed by atoms with E-state index >= 15 is 0 Å².